The topological polar surface area (TPSA) is 60.7 Å². The lowest BCUT2D eigenvalue weighted by molar-refractivity contribution is -0.141. The van der Waals surface area contributed by atoms with Crippen LogP contribution in [0.4, 0.5) is 0 Å². The predicted octanol–water partition coefficient (Wildman–Crippen LogP) is 3.73. The molecule has 0 saturated heterocycles. The predicted molar refractivity (Wildman–Crippen MR) is 105 cm³/mol. The number of fused-ring (bicyclic) bond motifs is 1. The second-order valence-electron chi connectivity index (χ2n) is 5.39. The van der Waals surface area contributed by atoms with Crippen LogP contribution in [-0.2, 0) is 16.1 Å². The summed E-state index contributed by atoms with van der Waals surface area (Å²) in [4.78, 5) is 30.2. The van der Waals surface area contributed by atoms with Gasteiger partial charge in [-0.15, -0.1) is 11.8 Å². The standard InChI is InChI=1S/C19H18N2O3S2/c1-3-25-14-10-8-13(9-11-14)18(23)20-19-21(12-17(22)24-2)15-6-4-5-7-16(15)26-19/h4-11H,3,12H2,1-2H3. The van der Waals surface area contributed by atoms with E-state index < -0.39 is 0 Å². The summed E-state index contributed by atoms with van der Waals surface area (Å²) in [5.74, 6) is 0.263. The number of rotatable bonds is 5. The van der Waals surface area contributed by atoms with Crippen LogP contribution in [0.3, 0.4) is 0 Å². The third kappa shape index (κ3) is 4.05. The number of ether oxygens (including phenoxy) is 1. The minimum Gasteiger partial charge on any atom is -0.468 e. The highest BCUT2D eigenvalue weighted by Gasteiger charge is 2.12. The molecular weight excluding hydrogens is 368 g/mol. The van der Waals surface area contributed by atoms with Crippen molar-refractivity contribution >= 4 is 45.2 Å². The number of thiazole rings is 1. The minimum absolute atomic E-state index is 0.0126. The van der Waals surface area contributed by atoms with Crippen molar-refractivity contribution in [3.05, 3.63) is 58.9 Å². The molecule has 0 atom stereocenters. The zero-order valence-electron chi connectivity index (χ0n) is 14.5. The lowest BCUT2D eigenvalue weighted by Gasteiger charge is -2.03. The Morgan fingerprint density at radius 3 is 2.58 bits per heavy atom. The Kier molecular flexibility index (Phi) is 5.90. The molecule has 1 heterocycles. The van der Waals surface area contributed by atoms with E-state index in [0.717, 1.165) is 20.9 Å². The lowest BCUT2D eigenvalue weighted by Crippen LogP contribution is -2.22. The Labute approximate surface area is 159 Å². The smallest absolute Gasteiger partial charge is 0.325 e. The Morgan fingerprint density at radius 1 is 1.15 bits per heavy atom. The van der Waals surface area contributed by atoms with Crippen LogP contribution in [0.2, 0.25) is 0 Å². The summed E-state index contributed by atoms with van der Waals surface area (Å²) >= 11 is 3.09. The molecule has 5 nitrogen and oxygen atoms in total. The van der Waals surface area contributed by atoms with Gasteiger partial charge >= 0.3 is 5.97 Å². The number of para-hydroxylation sites is 1. The molecule has 26 heavy (non-hydrogen) atoms. The molecule has 0 aliphatic carbocycles. The first-order valence-corrected chi connectivity index (χ1v) is 9.89. The fourth-order valence-electron chi connectivity index (χ4n) is 2.46. The third-order valence-electron chi connectivity index (χ3n) is 3.71. The molecule has 134 valence electrons. The Bertz CT molecular complexity index is 1000. The van der Waals surface area contributed by atoms with Crippen LogP contribution < -0.4 is 4.80 Å². The van der Waals surface area contributed by atoms with E-state index in [0.29, 0.717) is 10.4 Å². The molecular formula is C19H18N2O3S2. The van der Waals surface area contributed by atoms with Crippen LogP contribution in [0.15, 0.2) is 58.4 Å². The molecule has 0 fully saturated rings. The Hall–Kier alpha value is -2.38. The van der Waals surface area contributed by atoms with Crippen molar-refractivity contribution in [3.63, 3.8) is 0 Å². The fraction of sp³-hybridized carbons (Fsp3) is 0.211. The van der Waals surface area contributed by atoms with E-state index >= 15 is 0 Å². The molecule has 2 aromatic carbocycles. The van der Waals surface area contributed by atoms with Crippen LogP contribution >= 0.6 is 23.1 Å². The number of benzene rings is 2. The van der Waals surface area contributed by atoms with Gasteiger partial charge in [0.25, 0.3) is 5.91 Å². The van der Waals surface area contributed by atoms with Gasteiger partial charge in [0, 0.05) is 10.5 Å². The zero-order valence-corrected chi connectivity index (χ0v) is 16.1. The average Bonchev–Trinajstić information content (AvgIpc) is 2.99. The van der Waals surface area contributed by atoms with E-state index in [1.165, 1.54) is 18.4 Å². The van der Waals surface area contributed by atoms with Gasteiger partial charge in [-0.3, -0.25) is 9.59 Å². The molecule has 0 aliphatic heterocycles. The lowest BCUT2D eigenvalue weighted by atomic mass is 10.2. The van der Waals surface area contributed by atoms with Gasteiger partial charge in [-0.05, 0) is 42.2 Å². The summed E-state index contributed by atoms with van der Waals surface area (Å²) in [6.45, 7) is 2.10. The van der Waals surface area contributed by atoms with Crippen LogP contribution in [0.5, 0.6) is 0 Å². The van der Waals surface area contributed by atoms with Crippen molar-refractivity contribution in [2.75, 3.05) is 12.9 Å². The van der Waals surface area contributed by atoms with E-state index in [9.17, 15) is 9.59 Å². The SMILES string of the molecule is CCSc1ccc(C(=O)N=c2sc3ccccc3n2CC(=O)OC)cc1. The molecule has 1 amide bonds. The van der Waals surface area contributed by atoms with Gasteiger partial charge in [-0.1, -0.05) is 30.4 Å². The van der Waals surface area contributed by atoms with Gasteiger partial charge in [-0.2, -0.15) is 4.99 Å². The third-order valence-corrected chi connectivity index (χ3v) is 5.67. The van der Waals surface area contributed by atoms with E-state index in [4.69, 9.17) is 4.74 Å². The van der Waals surface area contributed by atoms with Crippen molar-refractivity contribution in [1.82, 2.24) is 4.57 Å². The van der Waals surface area contributed by atoms with Gasteiger partial charge in [0.1, 0.15) is 6.54 Å². The highest BCUT2D eigenvalue weighted by molar-refractivity contribution is 7.99. The van der Waals surface area contributed by atoms with Gasteiger partial charge in [0.2, 0.25) is 0 Å². The number of methoxy groups -OCH3 is 1. The molecule has 3 aromatic rings. The molecule has 7 heteroatoms. The number of carbonyl (C=O) groups excluding carboxylic acids is 2. The van der Waals surface area contributed by atoms with Crippen LogP contribution in [0.25, 0.3) is 10.2 Å². The summed E-state index contributed by atoms with van der Waals surface area (Å²) < 4.78 is 7.44. The maximum absolute atomic E-state index is 12.6. The van der Waals surface area contributed by atoms with Crippen molar-refractivity contribution in [1.29, 1.82) is 0 Å². The Morgan fingerprint density at radius 2 is 1.88 bits per heavy atom. The van der Waals surface area contributed by atoms with Crippen LogP contribution in [0.1, 0.15) is 17.3 Å². The quantitative estimate of drug-likeness (QED) is 0.495. The largest absolute Gasteiger partial charge is 0.468 e. The summed E-state index contributed by atoms with van der Waals surface area (Å²) in [5.41, 5.74) is 1.37. The number of esters is 1. The van der Waals surface area contributed by atoms with Crippen molar-refractivity contribution in [2.24, 2.45) is 4.99 Å². The molecule has 0 saturated carbocycles. The summed E-state index contributed by atoms with van der Waals surface area (Å²) in [6, 6.07) is 15.0. The van der Waals surface area contributed by atoms with E-state index in [-0.39, 0.29) is 18.4 Å². The number of thioether (sulfide) groups is 1. The maximum atomic E-state index is 12.6. The van der Waals surface area contributed by atoms with Crippen LogP contribution in [-0.4, -0.2) is 29.3 Å². The number of hydrogen-bond donors (Lipinski definition) is 0. The first kappa shape index (κ1) is 18.4. The van der Waals surface area contributed by atoms with Gasteiger partial charge in [-0.25, -0.2) is 0 Å². The molecule has 0 bridgehead atoms. The van der Waals surface area contributed by atoms with Crippen molar-refractivity contribution in [2.45, 2.75) is 18.4 Å². The first-order valence-electron chi connectivity index (χ1n) is 8.09. The molecule has 0 aliphatic rings. The number of nitrogens with zero attached hydrogens (tertiary/aromatic N) is 2. The average molecular weight is 386 g/mol. The molecule has 0 N–H and O–H groups in total. The zero-order chi connectivity index (χ0) is 18.5. The summed E-state index contributed by atoms with van der Waals surface area (Å²) in [7, 11) is 1.34. The molecule has 0 spiro atoms. The Balaban J connectivity index is 2.01. The second-order valence-corrected chi connectivity index (χ2v) is 7.74. The van der Waals surface area contributed by atoms with E-state index in [2.05, 4.69) is 11.9 Å². The van der Waals surface area contributed by atoms with Gasteiger partial charge in [0.05, 0.1) is 17.3 Å². The van der Waals surface area contributed by atoms with Gasteiger partial charge < -0.3 is 9.30 Å². The number of amides is 1. The first-order chi connectivity index (χ1) is 12.6. The number of carbonyl (C=O) groups is 2. The number of aromatic nitrogens is 1. The van der Waals surface area contributed by atoms with E-state index in [1.807, 2.05) is 36.4 Å². The second kappa shape index (κ2) is 8.33. The maximum Gasteiger partial charge on any atom is 0.325 e. The normalized spacial score (nSPS) is 11.7. The fourth-order valence-corrected chi connectivity index (χ4v) is 4.15. The molecule has 0 radical (unpaired) electrons. The highest BCUT2D eigenvalue weighted by atomic mass is 32.2. The number of hydrogen-bond acceptors (Lipinski definition) is 5. The molecule has 0 unspecified atom stereocenters. The summed E-state index contributed by atoms with van der Waals surface area (Å²) in [5, 5.41) is 0. The minimum atomic E-state index is -0.386. The van der Waals surface area contributed by atoms with Gasteiger partial charge in [0.15, 0.2) is 4.80 Å². The summed E-state index contributed by atoms with van der Waals surface area (Å²) in [6.07, 6.45) is 0. The van der Waals surface area contributed by atoms with E-state index in [1.54, 1.807) is 28.5 Å². The van der Waals surface area contributed by atoms with Crippen molar-refractivity contribution in [3.8, 4) is 0 Å². The molecule has 1 aromatic heterocycles. The van der Waals surface area contributed by atoms with Crippen LogP contribution in [0, 0.1) is 0 Å². The molecule has 3 rings (SSSR count). The van der Waals surface area contributed by atoms with Crippen molar-refractivity contribution < 1.29 is 14.3 Å². The monoisotopic (exact) mass is 386 g/mol. The highest BCUT2D eigenvalue weighted by Crippen LogP contribution is 2.19.